The van der Waals surface area contributed by atoms with E-state index in [1.807, 2.05) is 13.0 Å². The first-order valence-electron chi connectivity index (χ1n) is 4.09. The first kappa shape index (κ1) is 7.40. The summed E-state index contributed by atoms with van der Waals surface area (Å²) in [6.07, 6.45) is 3.99. The predicted molar refractivity (Wildman–Crippen MR) is 46.6 cm³/mol. The van der Waals surface area contributed by atoms with Crippen LogP contribution in [0.4, 0.5) is 0 Å². The Hall–Kier alpha value is -1.25. The molecule has 1 aliphatic rings. The summed E-state index contributed by atoms with van der Waals surface area (Å²) in [4.78, 5) is 7.57. The van der Waals surface area contributed by atoms with Crippen LogP contribution in [-0.4, -0.2) is 17.1 Å². The van der Waals surface area contributed by atoms with E-state index in [-0.39, 0.29) is 0 Å². The number of methoxy groups -OCH3 is 1. The summed E-state index contributed by atoms with van der Waals surface area (Å²) in [7, 11) is 1.70. The summed E-state index contributed by atoms with van der Waals surface area (Å²) in [5, 5.41) is 0. The molecule has 1 heterocycles. The largest absolute Gasteiger partial charge is 0.501 e. The van der Waals surface area contributed by atoms with E-state index in [9.17, 15) is 0 Å². The number of imidazole rings is 1. The third kappa shape index (κ3) is 1.11. The molecule has 0 unspecified atom stereocenters. The molecule has 0 atom stereocenters. The van der Waals surface area contributed by atoms with Crippen LogP contribution in [-0.2, 0) is 11.2 Å². The van der Waals surface area contributed by atoms with E-state index >= 15 is 0 Å². The fourth-order valence-electron chi connectivity index (χ4n) is 1.50. The molecule has 0 aliphatic heterocycles. The van der Waals surface area contributed by atoms with E-state index in [2.05, 4.69) is 9.97 Å². The second-order valence-electron chi connectivity index (χ2n) is 3.00. The van der Waals surface area contributed by atoms with Crippen molar-refractivity contribution in [3.05, 3.63) is 23.0 Å². The van der Waals surface area contributed by atoms with Crippen LogP contribution in [0.5, 0.6) is 0 Å². The normalized spacial score (nSPS) is 15.3. The molecule has 1 aliphatic carbocycles. The maximum atomic E-state index is 5.16. The summed E-state index contributed by atoms with van der Waals surface area (Å²) < 4.78 is 5.16. The number of hydrogen-bond donors (Lipinski definition) is 1. The van der Waals surface area contributed by atoms with Gasteiger partial charge in [-0.15, -0.1) is 0 Å². The number of ether oxygens (including phenoxy) is 1. The molecule has 0 fully saturated rings. The van der Waals surface area contributed by atoms with Gasteiger partial charge in [-0.25, -0.2) is 4.98 Å². The third-order valence-electron chi connectivity index (χ3n) is 2.11. The average Bonchev–Trinajstić information content (AvgIpc) is 2.43. The van der Waals surface area contributed by atoms with Gasteiger partial charge < -0.3 is 9.72 Å². The zero-order chi connectivity index (χ0) is 8.55. The molecule has 0 radical (unpaired) electrons. The first-order chi connectivity index (χ1) is 5.79. The molecule has 1 aromatic rings. The molecule has 64 valence electrons. The predicted octanol–water partition coefficient (Wildman–Crippen LogP) is 1.65. The molecule has 1 N–H and O–H groups in total. The number of allylic oxidation sites excluding steroid dienone is 1. The van der Waals surface area contributed by atoms with Crippen molar-refractivity contribution in [1.82, 2.24) is 9.97 Å². The lowest BCUT2D eigenvalue weighted by Crippen LogP contribution is -1.99. The lowest BCUT2D eigenvalue weighted by atomic mass is 10.1. The number of hydrogen-bond acceptors (Lipinski definition) is 2. The van der Waals surface area contributed by atoms with Crippen LogP contribution in [0.1, 0.15) is 23.6 Å². The lowest BCUT2D eigenvalue weighted by molar-refractivity contribution is 0.279. The number of aromatic nitrogens is 2. The van der Waals surface area contributed by atoms with Gasteiger partial charge in [0.1, 0.15) is 5.82 Å². The van der Waals surface area contributed by atoms with Crippen molar-refractivity contribution in [3.8, 4) is 0 Å². The van der Waals surface area contributed by atoms with Crippen molar-refractivity contribution in [2.45, 2.75) is 19.8 Å². The standard InChI is InChI=1S/C9H12N2O/c1-6-10-8-4-3-7(12-2)5-9(8)11-6/h5H,3-4H2,1-2H3,(H,10,11). The van der Waals surface area contributed by atoms with Gasteiger partial charge in [0.05, 0.1) is 18.6 Å². The zero-order valence-electron chi connectivity index (χ0n) is 7.35. The van der Waals surface area contributed by atoms with Gasteiger partial charge in [-0.05, 0) is 13.3 Å². The third-order valence-corrected chi connectivity index (χ3v) is 2.11. The Morgan fingerprint density at radius 3 is 3.08 bits per heavy atom. The number of fused-ring (bicyclic) bond motifs is 1. The molecule has 1 aromatic heterocycles. The topological polar surface area (TPSA) is 37.9 Å². The van der Waals surface area contributed by atoms with E-state index in [0.29, 0.717) is 0 Å². The second kappa shape index (κ2) is 2.66. The van der Waals surface area contributed by atoms with Gasteiger partial charge in [-0.1, -0.05) is 0 Å². The SMILES string of the molecule is COC1=Cc2nc(C)[nH]c2CC1. The molecular weight excluding hydrogens is 152 g/mol. The van der Waals surface area contributed by atoms with E-state index in [4.69, 9.17) is 4.74 Å². The van der Waals surface area contributed by atoms with Gasteiger partial charge in [0, 0.05) is 18.2 Å². The molecule has 2 rings (SSSR count). The molecule has 3 nitrogen and oxygen atoms in total. The zero-order valence-corrected chi connectivity index (χ0v) is 7.35. The maximum absolute atomic E-state index is 5.16. The minimum atomic E-state index is 0.977. The Morgan fingerprint density at radius 2 is 2.33 bits per heavy atom. The lowest BCUT2D eigenvalue weighted by Gasteiger charge is -2.10. The molecule has 0 spiro atoms. The van der Waals surface area contributed by atoms with Gasteiger partial charge in [-0.2, -0.15) is 0 Å². The number of aromatic amines is 1. The number of H-pyrrole nitrogens is 1. The van der Waals surface area contributed by atoms with Gasteiger partial charge >= 0.3 is 0 Å². The number of nitrogens with zero attached hydrogens (tertiary/aromatic N) is 1. The van der Waals surface area contributed by atoms with Crippen molar-refractivity contribution in [1.29, 1.82) is 0 Å². The Labute approximate surface area is 71.5 Å². The quantitative estimate of drug-likeness (QED) is 0.685. The highest BCUT2D eigenvalue weighted by molar-refractivity contribution is 5.52. The molecular formula is C9H12N2O. The second-order valence-corrected chi connectivity index (χ2v) is 3.00. The van der Waals surface area contributed by atoms with Crippen molar-refractivity contribution >= 4 is 6.08 Å². The Balaban J connectivity index is 2.40. The molecule has 0 saturated heterocycles. The van der Waals surface area contributed by atoms with E-state index < -0.39 is 0 Å². The minimum absolute atomic E-state index is 0.977. The number of aryl methyl sites for hydroxylation is 2. The summed E-state index contributed by atoms with van der Waals surface area (Å²) in [6.45, 7) is 1.97. The van der Waals surface area contributed by atoms with Gasteiger partial charge in [0.25, 0.3) is 0 Å². The molecule has 0 bridgehead atoms. The highest BCUT2D eigenvalue weighted by atomic mass is 16.5. The van der Waals surface area contributed by atoms with Crippen LogP contribution >= 0.6 is 0 Å². The van der Waals surface area contributed by atoms with Gasteiger partial charge in [-0.3, -0.25) is 0 Å². The molecule has 0 aromatic carbocycles. The van der Waals surface area contributed by atoms with Crippen LogP contribution in [0.25, 0.3) is 6.08 Å². The maximum Gasteiger partial charge on any atom is 0.103 e. The summed E-state index contributed by atoms with van der Waals surface area (Å²) in [5.74, 6) is 2.00. The first-order valence-corrected chi connectivity index (χ1v) is 4.09. The van der Waals surface area contributed by atoms with Crippen molar-refractivity contribution in [2.75, 3.05) is 7.11 Å². The van der Waals surface area contributed by atoms with Crippen molar-refractivity contribution in [2.24, 2.45) is 0 Å². The van der Waals surface area contributed by atoms with Gasteiger partial charge in [0.2, 0.25) is 0 Å². The Morgan fingerprint density at radius 1 is 1.50 bits per heavy atom. The smallest absolute Gasteiger partial charge is 0.103 e. The Bertz CT molecular complexity index is 325. The molecule has 0 saturated carbocycles. The van der Waals surface area contributed by atoms with Crippen LogP contribution in [0.2, 0.25) is 0 Å². The molecule has 0 amide bonds. The fraction of sp³-hybridized carbons (Fsp3) is 0.444. The van der Waals surface area contributed by atoms with Crippen LogP contribution in [0.3, 0.4) is 0 Å². The number of nitrogens with one attached hydrogen (secondary N) is 1. The molecule has 12 heavy (non-hydrogen) atoms. The molecule has 3 heteroatoms. The van der Waals surface area contributed by atoms with Crippen molar-refractivity contribution in [3.63, 3.8) is 0 Å². The summed E-state index contributed by atoms with van der Waals surface area (Å²) in [6, 6.07) is 0. The minimum Gasteiger partial charge on any atom is -0.501 e. The van der Waals surface area contributed by atoms with Crippen LogP contribution < -0.4 is 0 Å². The monoisotopic (exact) mass is 164 g/mol. The van der Waals surface area contributed by atoms with E-state index in [1.54, 1.807) is 7.11 Å². The summed E-state index contributed by atoms with van der Waals surface area (Å²) in [5.41, 5.74) is 2.27. The number of rotatable bonds is 1. The average molecular weight is 164 g/mol. The van der Waals surface area contributed by atoms with Crippen molar-refractivity contribution < 1.29 is 4.74 Å². The van der Waals surface area contributed by atoms with Crippen LogP contribution in [0, 0.1) is 6.92 Å². The highest BCUT2D eigenvalue weighted by Crippen LogP contribution is 2.21. The van der Waals surface area contributed by atoms with E-state index in [0.717, 1.165) is 30.1 Å². The highest BCUT2D eigenvalue weighted by Gasteiger charge is 2.13. The van der Waals surface area contributed by atoms with E-state index in [1.165, 1.54) is 5.69 Å². The van der Waals surface area contributed by atoms with Gasteiger partial charge in [0.15, 0.2) is 0 Å². The Kier molecular flexibility index (Phi) is 1.64. The summed E-state index contributed by atoms with van der Waals surface area (Å²) >= 11 is 0. The van der Waals surface area contributed by atoms with Crippen LogP contribution in [0.15, 0.2) is 5.76 Å². The fourth-order valence-corrected chi connectivity index (χ4v) is 1.50.